The summed E-state index contributed by atoms with van der Waals surface area (Å²) in [6.07, 6.45) is -0.757. The number of halogens is 4. The van der Waals surface area contributed by atoms with Gasteiger partial charge in [0.15, 0.2) is 0 Å². The molecule has 0 spiro atoms. The average Bonchev–Trinajstić information content (AvgIpc) is 3.43. The molecule has 1 fully saturated rings. The van der Waals surface area contributed by atoms with Gasteiger partial charge in [-0.25, -0.2) is 0 Å². The van der Waals surface area contributed by atoms with Crippen molar-refractivity contribution in [2.75, 3.05) is 5.32 Å². The van der Waals surface area contributed by atoms with Crippen LogP contribution >= 0.6 is 11.6 Å². The second-order valence-electron chi connectivity index (χ2n) is 6.27. The summed E-state index contributed by atoms with van der Waals surface area (Å²) >= 11 is 5.89. The molecule has 1 saturated carbocycles. The summed E-state index contributed by atoms with van der Waals surface area (Å²) in [4.78, 5) is 28.9. The van der Waals surface area contributed by atoms with Crippen LogP contribution in [0.1, 0.15) is 24.0 Å². The quantitative estimate of drug-likeness (QED) is 0.754. The zero-order valence-corrected chi connectivity index (χ0v) is 14.7. The van der Waals surface area contributed by atoms with Crippen LogP contribution in [-0.2, 0) is 22.3 Å². The van der Waals surface area contributed by atoms with E-state index in [1.807, 2.05) is 0 Å². The summed E-state index contributed by atoms with van der Waals surface area (Å²) in [7, 11) is 0. The summed E-state index contributed by atoms with van der Waals surface area (Å²) in [6.45, 7) is 0.200. The fourth-order valence-corrected chi connectivity index (χ4v) is 2.74. The molecule has 0 saturated heterocycles. The highest BCUT2D eigenvalue weighted by atomic mass is 35.5. The number of hydrogen-bond donors (Lipinski definition) is 2. The van der Waals surface area contributed by atoms with Crippen LogP contribution in [0.3, 0.4) is 0 Å². The molecule has 1 aliphatic carbocycles. The highest BCUT2D eigenvalue weighted by Crippen LogP contribution is 2.47. The molecule has 2 amide bonds. The number of anilines is 1. The number of nitrogens with one attached hydrogen (secondary N) is 2. The largest absolute Gasteiger partial charge is 0.416 e. The van der Waals surface area contributed by atoms with Gasteiger partial charge >= 0.3 is 6.18 Å². The Kier molecular flexibility index (Phi) is 5.10. The number of alkyl halides is 3. The molecule has 1 aromatic carbocycles. The van der Waals surface area contributed by atoms with E-state index in [1.54, 1.807) is 24.5 Å². The summed E-state index contributed by atoms with van der Waals surface area (Å²) in [5.74, 6) is -1.15. The number of aromatic nitrogens is 1. The number of carbonyl (C=O) groups excluding carboxylic acids is 2. The second-order valence-corrected chi connectivity index (χ2v) is 6.68. The predicted molar refractivity (Wildman–Crippen MR) is 92.8 cm³/mol. The number of rotatable bonds is 5. The van der Waals surface area contributed by atoms with Gasteiger partial charge in [0.1, 0.15) is 5.41 Å². The molecule has 27 heavy (non-hydrogen) atoms. The first kappa shape index (κ1) is 19.2. The lowest BCUT2D eigenvalue weighted by Gasteiger charge is -2.17. The predicted octanol–water partition coefficient (Wildman–Crippen LogP) is 3.79. The van der Waals surface area contributed by atoms with Crippen molar-refractivity contribution in [3.8, 4) is 0 Å². The third-order valence-corrected chi connectivity index (χ3v) is 4.67. The van der Waals surface area contributed by atoms with Crippen molar-refractivity contribution in [2.45, 2.75) is 25.6 Å². The van der Waals surface area contributed by atoms with Crippen LogP contribution in [0.5, 0.6) is 0 Å². The van der Waals surface area contributed by atoms with Crippen LogP contribution in [0, 0.1) is 5.41 Å². The fraction of sp³-hybridized carbons (Fsp3) is 0.278. The molecule has 0 atom stereocenters. The molecular weight excluding hydrogens is 383 g/mol. The zero-order chi connectivity index (χ0) is 19.7. The van der Waals surface area contributed by atoms with Crippen LogP contribution in [-0.4, -0.2) is 16.8 Å². The van der Waals surface area contributed by atoms with Crippen LogP contribution in [0.2, 0.25) is 5.02 Å². The van der Waals surface area contributed by atoms with E-state index in [1.165, 1.54) is 0 Å². The smallest absolute Gasteiger partial charge is 0.351 e. The molecule has 1 aliphatic rings. The van der Waals surface area contributed by atoms with Gasteiger partial charge in [0, 0.05) is 18.9 Å². The summed E-state index contributed by atoms with van der Waals surface area (Å²) < 4.78 is 38.5. The van der Waals surface area contributed by atoms with Crippen LogP contribution in [0.25, 0.3) is 0 Å². The van der Waals surface area contributed by atoms with Crippen LogP contribution in [0.4, 0.5) is 18.9 Å². The Labute approximate surface area is 157 Å². The molecule has 0 radical (unpaired) electrons. The topological polar surface area (TPSA) is 71.1 Å². The minimum Gasteiger partial charge on any atom is -0.351 e. The maximum Gasteiger partial charge on any atom is 0.416 e. The van der Waals surface area contributed by atoms with E-state index in [9.17, 15) is 22.8 Å². The van der Waals surface area contributed by atoms with E-state index >= 15 is 0 Å². The molecule has 5 nitrogen and oxygen atoms in total. The summed E-state index contributed by atoms with van der Waals surface area (Å²) in [5.41, 5.74) is -1.64. The molecular formula is C18H15ClF3N3O2. The molecule has 9 heteroatoms. The SMILES string of the molecule is O=C(NCc1cccnc1)C1(C(=O)Nc2cc(C(F)(F)F)ccc2Cl)CC1. The number of pyridine rings is 1. The van der Waals surface area contributed by atoms with E-state index in [4.69, 9.17) is 11.6 Å². The van der Waals surface area contributed by atoms with Crippen molar-refractivity contribution in [3.05, 3.63) is 58.9 Å². The van der Waals surface area contributed by atoms with E-state index in [-0.39, 0.29) is 17.3 Å². The van der Waals surface area contributed by atoms with Gasteiger partial charge in [-0.1, -0.05) is 17.7 Å². The standard InChI is InChI=1S/C18H15ClF3N3O2/c19-13-4-3-12(18(20,21)22)8-14(13)25-16(27)17(5-6-17)15(26)24-10-11-2-1-7-23-9-11/h1-4,7-9H,5-6,10H2,(H,24,26)(H,25,27). The summed E-state index contributed by atoms with van der Waals surface area (Å²) in [6, 6.07) is 6.13. The molecule has 0 unspecified atom stereocenters. The number of amides is 2. The first-order chi connectivity index (χ1) is 12.7. The molecule has 1 aromatic heterocycles. The van der Waals surface area contributed by atoms with Crippen molar-refractivity contribution < 1.29 is 22.8 Å². The van der Waals surface area contributed by atoms with E-state index in [2.05, 4.69) is 15.6 Å². The van der Waals surface area contributed by atoms with Gasteiger partial charge in [0.2, 0.25) is 11.8 Å². The lowest BCUT2D eigenvalue weighted by atomic mass is 10.0. The second kappa shape index (κ2) is 7.19. The Balaban J connectivity index is 1.69. The molecule has 142 valence electrons. The van der Waals surface area contributed by atoms with Gasteiger partial charge in [-0.15, -0.1) is 0 Å². The minimum atomic E-state index is -4.57. The fourth-order valence-electron chi connectivity index (χ4n) is 2.58. The highest BCUT2D eigenvalue weighted by molar-refractivity contribution is 6.34. The maximum atomic E-state index is 12.8. The van der Waals surface area contributed by atoms with Gasteiger partial charge in [0.25, 0.3) is 0 Å². The van der Waals surface area contributed by atoms with E-state index in [0.29, 0.717) is 12.8 Å². The third kappa shape index (κ3) is 4.21. The van der Waals surface area contributed by atoms with Crippen LogP contribution in [0.15, 0.2) is 42.7 Å². The average molecular weight is 398 g/mol. The lowest BCUT2D eigenvalue weighted by Crippen LogP contribution is -2.39. The number of nitrogens with zero attached hydrogens (tertiary/aromatic N) is 1. The number of benzene rings is 1. The molecule has 0 aliphatic heterocycles. The summed E-state index contributed by atoms with van der Waals surface area (Å²) in [5, 5.41) is 4.99. The van der Waals surface area contributed by atoms with Crippen molar-refractivity contribution in [2.24, 2.45) is 5.41 Å². The van der Waals surface area contributed by atoms with Gasteiger partial charge in [-0.2, -0.15) is 13.2 Å². The Bertz CT molecular complexity index is 868. The Morgan fingerprint density at radius 1 is 1.19 bits per heavy atom. The van der Waals surface area contributed by atoms with E-state index < -0.39 is 29.0 Å². The lowest BCUT2D eigenvalue weighted by molar-refractivity contribution is -0.138. The van der Waals surface area contributed by atoms with Crippen molar-refractivity contribution in [1.82, 2.24) is 10.3 Å². The maximum absolute atomic E-state index is 12.8. The van der Waals surface area contributed by atoms with Gasteiger partial charge < -0.3 is 10.6 Å². The third-order valence-electron chi connectivity index (χ3n) is 4.34. The van der Waals surface area contributed by atoms with Gasteiger partial charge in [-0.05, 0) is 42.7 Å². The Morgan fingerprint density at radius 3 is 2.52 bits per heavy atom. The Morgan fingerprint density at radius 2 is 1.93 bits per heavy atom. The zero-order valence-electron chi connectivity index (χ0n) is 13.9. The first-order valence-corrected chi connectivity index (χ1v) is 8.45. The Hall–Kier alpha value is -2.61. The van der Waals surface area contributed by atoms with Crippen molar-refractivity contribution in [3.63, 3.8) is 0 Å². The van der Waals surface area contributed by atoms with Gasteiger partial charge in [-0.3, -0.25) is 14.6 Å². The monoisotopic (exact) mass is 397 g/mol. The highest BCUT2D eigenvalue weighted by Gasteiger charge is 2.56. The normalized spacial score (nSPS) is 15.1. The van der Waals surface area contributed by atoms with E-state index in [0.717, 1.165) is 23.8 Å². The molecule has 3 rings (SSSR count). The molecule has 1 heterocycles. The number of hydrogen-bond acceptors (Lipinski definition) is 3. The molecule has 2 N–H and O–H groups in total. The number of carbonyl (C=O) groups is 2. The van der Waals surface area contributed by atoms with Crippen molar-refractivity contribution >= 4 is 29.1 Å². The minimum absolute atomic E-state index is 0.0390. The molecule has 2 aromatic rings. The first-order valence-electron chi connectivity index (χ1n) is 8.08. The van der Waals surface area contributed by atoms with Crippen molar-refractivity contribution in [1.29, 1.82) is 0 Å². The van der Waals surface area contributed by atoms with Crippen LogP contribution < -0.4 is 10.6 Å². The molecule has 0 bridgehead atoms. The van der Waals surface area contributed by atoms with Gasteiger partial charge in [0.05, 0.1) is 16.3 Å².